The maximum Gasteiger partial charge on any atom is 0.415 e. The first kappa shape index (κ1) is 21.3. The third-order valence-corrected chi connectivity index (χ3v) is 4.94. The van der Waals surface area contributed by atoms with Crippen LogP contribution in [0, 0.1) is 0 Å². The van der Waals surface area contributed by atoms with Crippen molar-refractivity contribution in [1.82, 2.24) is 15.0 Å². The van der Waals surface area contributed by atoms with Crippen LogP contribution in [0.3, 0.4) is 0 Å². The third kappa shape index (κ3) is 4.95. The van der Waals surface area contributed by atoms with Crippen molar-refractivity contribution >= 4 is 33.7 Å². The molecule has 0 bridgehead atoms. The number of nitrogens with zero attached hydrogens (tertiary/aromatic N) is 4. The number of pyridine rings is 1. The van der Waals surface area contributed by atoms with Gasteiger partial charge < -0.3 is 14.8 Å². The van der Waals surface area contributed by atoms with Crippen molar-refractivity contribution in [2.24, 2.45) is 0 Å². The lowest BCUT2D eigenvalue weighted by molar-refractivity contribution is 0.0557. The smallest absolute Gasteiger partial charge is 0.415 e. The Bertz CT molecular complexity index is 869. The minimum atomic E-state index is -0.587. The van der Waals surface area contributed by atoms with Gasteiger partial charge in [-0.2, -0.15) is 0 Å². The van der Waals surface area contributed by atoms with E-state index in [4.69, 9.17) is 9.47 Å². The van der Waals surface area contributed by atoms with Gasteiger partial charge in [0.05, 0.1) is 29.0 Å². The molecule has 1 N–H and O–H groups in total. The SMILES string of the molecule is CC[C@@H]1C[C@H](Nc2ncc(Br)cn2)c2nc(OC)ccc2N1C(=O)OC(C)(C)C. The average Bonchev–Trinajstić information content (AvgIpc) is 2.67. The Morgan fingerprint density at radius 1 is 1.31 bits per heavy atom. The molecule has 0 fully saturated rings. The van der Waals surface area contributed by atoms with Crippen molar-refractivity contribution in [3.8, 4) is 5.88 Å². The summed E-state index contributed by atoms with van der Waals surface area (Å²) in [5, 5.41) is 3.35. The van der Waals surface area contributed by atoms with Crippen LogP contribution in [-0.2, 0) is 4.74 Å². The van der Waals surface area contributed by atoms with E-state index >= 15 is 0 Å². The number of aromatic nitrogens is 3. The number of anilines is 2. The number of carbonyl (C=O) groups is 1. The summed E-state index contributed by atoms with van der Waals surface area (Å²) in [5.74, 6) is 0.973. The predicted octanol–water partition coefficient (Wildman–Crippen LogP) is 4.72. The van der Waals surface area contributed by atoms with Gasteiger partial charge in [0.1, 0.15) is 5.60 Å². The van der Waals surface area contributed by atoms with E-state index in [-0.39, 0.29) is 18.2 Å². The molecule has 0 saturated heterocycles. The van der Waals surface area contributed by atoms with E-state index in [2.05, 4.69) is 43.1 Å². The summed E-state index contributed by atoms with van der Waals surface area (Å²) in [6.45, 7) is 7.63. The second kappa shape index (κ2) is 8.52. The first-order valence-corrected chi connectivity index (χ1v) is 10.3. The van der Waals surface area contributed by atoms with Crippen molar-refractivity contribution in [2.45, 2.75) is 58.2 Å². The zero-order valence-electron chi connectivity index (χ0n) is 17.3. The summed E-state index contributed by atoms with van der Waals surface area (Å²) in [6.07, 6.45) is 4.40. The van der Waals surface area contributed by atoms with Gasteiger partial charge in [0.2, 0.25) is 11.8 Å². The third-order valence-electron chi connectivity index (χ3n) is 4.53. The summed E-state index contributed by atoms with van der Waals surface area (Å²) in [4.78, 5) is 27.9. The van der Waals surface area contributed by atoms with E-state index in [1.165, 1.54) is 0 Å². The predicted molar refractivity (Wildman–Crippen MR) is 114 cm³/mol. The van der Waals surface area contributed by atoms with Gasteiger partial charge in [-0.3, -0.25) is 4.90 Å². The van der Waals surface area contributed by atoms with E-state index in [0.717, 1.165) is 10.9 Å². The first-order chi connectivity index (χ1) is 13.7. The summed E-state index contributed by atoms with van der Waals surface area (Å²) in [5.41, 5.74) is 0.815. The van der Waals surface area contributed by atoms with Crippen LogP contribution in [0.4, 0.5) is 16.4 Å². The molecule has 1 aliphatic rings. The Kier molecular flexibility index (Phi) is 6.26. The number of carbonyl (C=O) groups excluding carboxylic acids is 1. The molecular formula is C20H26BrN5O3. The molecule has 1 amide bonds. The molecule has 0 radical (unpaired) electrons. The molecule has 0 aliphatic carbocycles. The maximum absolute atomic E-state index is 13.0. The first-order valence-electron chi connectivity index (χ1n) is 9.53. The zero-order chi connectivity index (χ0) is 21.2. The molecule has 29 heavy (non-hydrogen) atoms. The largest absolute Gasteiger partial charge is 0.481 e. The van der Waals surface area contributed by atoms with Gasteiger partial charge in [-0.25, -0.2) is 19.7 Å². The normalized spacial score (nSPS) is 18.8. The Morgan fingerprint density at radius 2 is 2.00 bits per heavy atom. The van der Waals surface area contributed by atoms with E-state index in [0.29, 0.717) is 29.6 Å². The highest BCUT2D eigenvalue weighted by molar-refractivity contribution is 9.10. The highest BCUT2D eigenvalue weighted by Crippen LogP contribution is 2.40. The van der Waals surface area contributed by atoms with Gasteiger partial charge in [-0.05, 0) is 55.6 Å². The van der Waals surface area contributed by atoms with Crippen LogP contribution < -0.4 is 15.0 Å². The van der Waals surface area contributed by atoms with Crippen molar-refractivity contribution in [2.75, 3.05) is 17.3 Å². The molecule has 9 heteroatoms. The molecule has 2 aromatic rings. The lowest BCUT2D eigenvalue weighted by Crippen LogP contribution is -2.48. The van der Waals surface area contributed by atoms with Crippen LogP contribution >= 0.6 is 15.9 Å². The second-order valence-electron chi connectivity index (χ2n) is 7.83. The number of hydrogen-bond acceptors (Lipinski definition) is 7. The summed E-state index contributed by atoms with van der Waals surface area (Å²) < 4.78 is 11.8. The number of ether oxygens (including phenoxy) is 2. The van der Waals surface area contributed by atoms with Crippen LogP contribution in [0.1, 0.15) is 52.3 Å². The van der Waals surface area contributed by atoms with Crippen LogP contribution in [-0.4, -0.2) is 39.8 Å². The summed E-state index contributed by atoms with van der Waals surface area (Å²) in [6, 6.07) is 3.37. The molecule has 156 valence electrons. The Hall–Kier alpha value is -2.42. The molecule has 2 atom stereocenters. The zero-order valence-corrected chi connectivity index (χ0v) is 18.9. The molecular weight excluding hydrogens is 438 g/mol. The molecule has 0 aromatic carbocycles. The second-order valence-corrected chi connectivity index (χ2v) is 8.74. The van der Waals surface area contributed by atoms with Gasteiger partial charge in [0, 0.05) is 24.5 Å². The summed E-state index contributed by atoms with van der Waals surface area (Å²) in [7, 11) is 1.57. The van der Waals surface area contributed by atoms with Gasteiger partial charge >= 0.3 is 6.09 Å². The monoisotopic (exact) mass is 463 g/mol. The van der Waals surface area contributed by atoms with Gasteiger partial charge in [0.15, 0.2) is 0 Å². The maximum atomic E-state index is 13.0. The van der Waals surface area contributed by atoms with Crippen LogP contribution in [0.2, 0.25) is 0 Å². The highest BCUT2D eigenvalue weighted by atomic mass is 79.9. The number of hydrogen-bond donors (Lipinski definition) is 1. The molecule has 3 rings (SSSR count). The number of fused-ring (bicyclic) bond motifs is 1. The quantitative estimate of drug-likeness (QED) is 0.701. The molecule has 0 spiro atoms. The minimum absolute atomic E-state index is 0.0551. The van der Waals surface area contributed by atoms with E-state index in [1.807, 2.05) is 26.8 Å². The lowest BCUT2D eigenvalue weighted by atomic mass is 9.93. The van der Waals surface area contributed by atoms with Gasteiger partial charge in [-0.15, -0.1) is 0 Å². The van der Waals surface area contributed by atoms with Crippen molar-refractivity contribution < 1.29 is 14.3 Å². The van der Waals surface area contributed by atoms with E-state index in [9.17, 15) is 4.79 Å². The number of halogens is 1. The Labute approximate surface area is 179 Å². The van der Waals surface area contributed by atoms with E-state index < -0.39 is 5.60 Å². The van der Waals surface area contributed by atoms with E-state index in [1.54, 1.807) is 30.5 Å². The minimum Gasteiger partial charge on any atom is -0.481 e. The number of amides is 1. The van der Waals surface area contributed by atoms with Crippen molar-refractivity contribution in [3.63, 3.8) is 0 Å². The molecule has 1 aliphatic heterocycles. The lowest BCUT2D eigenvalue weighted by Gasteiger charge is -2.40. The number of nitrogens with one attached hydrogen (secondary N) is 1. The number of rotatable bonds is 4. The topological polar surface area (TPSA) is 89.5 Å². The Balaban J connectivity index is 2.00. The highest BCUT2D eigenvalue weighted by Gasteiger charge is 2.39. The molecule has 0 unspecified atom stereocenters. The van der Waals surface area contributed by atoms with Crippen LogP contribution in [0.15, 0.2) is 29.0 Å². The number of methoxy groups -OCH3 is 1. The van der Waals surface area contributed by atoms with Crippen LogP contribution in [0.5, 0.6) is 5.88 Å². The van der Waals surface area contributed by atoms with Crippen molar-refractivity contribution in [3.05, 3.63) is 34.7 Å². The molecule has 8 nitrogen and oxygen atoms in total. The van der Waals surface area contributed by atoms with Crippen molar-refractivity contribution in [1.29, 1.82) is 0 Å². The fraction of sp³-hybridized carbons (Fsp3) is 0.500. The Morgan fingerprint density at radius 3 is 2.59 bits per heavy atom. The standard InChI is InChI=1S/C20H26BrN5O3/c1-6-13-9-14(24-18-22-10-12(21)11-23-18)17-15(7-8-16(25-17)28-5)26(13)19(27)29-20(2,3)4/h7-8,10-11,13-14H,6,9H2,1-5H3,(H,22,23,24)/t13-,14+/m1/s1. The van der Waals surface area contributed by atoms with Gasteiger partial charge in [0.25, 0.3) is 0 Å². The van der Waals surface area contributed by atoms with Gasteiger partial charge in [-0.1, -0.05) is 6.92 Å². The summed E-state index contributed by atoms with van der Waals surface area (Å²) >= 11 is 3.34. The fourth-order valence-corrected chi connectivity index (χ4v) is 3.49. The molecule has 2 aromatic heterocycles. The molecule has 0 saturated carbocycles. The molecule has 3 heterocycles. The average molecular weight is 464 g/mol. The fourth-order valence-electron chi connectivity index (χ4n) is 3.29. The van der Waals surface area contributed by atoms with Crippen LogP contribution in [0.25, 0.3) is 0 Å².